The molecule has 0 fully saturated rings. The van der Waals surface area contributed by atoms with Crippen LogP contribution in [0, 0.1) is 0 Å². The van der Waals surface area contributed by atoms with Crippen molar-refractivity contribution in [1.29, 1.82) is 0 Å². The number of hydrogen-bond donors (Lipinski definition) is 1. The van der Waals surface area contributed by atoms with Crippen LogP contribution in [0.2, 0.25) is 0 Å². The third-order valence-corrected chi connectivity index (χ3v) is 2.85. The summed E-state index contributed by atoms with van der Waals surface area (Å²) >= 11 is 0. The van der Waals surface area contributed by atoms with Crippen molar-refractivity contribution in [2.24, 2.45) is 5.73 Å². The van der Waals surface area contributed by atoms with E-state index < -0.39 is 0 Å². The number of ether oxygens (including phenoxy) is 2. The molecular weight excluding hydrogens is 202 g/mol. The quantitative estimate of drug-likeness (QED) is 0.559. The lowest BCUT2D eigenvalue weighted by Gasteiger charge is -2.18. The summed E-state index contributed by atoms with van der Waals surface area (Å²) in [6.07, 6.45) is 8.88. The molecule has 2 N–H and O–H groups in total. The molecule has 1 unspecified atom stereocenters. The maximum Gasteiger partial charge on any atom is 0.0759 e. The Morgan fingerprint density at radius 1 is 1.25 bits per heavy atom. The topological polar surface area (TPSA) is 44.5 Å². The minimum Gasteiger partial charge on any atom is -0.378 e. The zero-order valence-corrected chi connectivity index (χ0v) is 10.4. The van der Waals surface area contributed by atoms with Gasteiger partial charge in [-0.15, -0.1) is 0 Å². The van der Waals surface area contributed by atoms with Gasteiger partial charge in [-0.2, -0.15) is 0 Å². The highest BCUT2D eigenvalue weighted by molar-refractivity contribution is 5.03. The van der Waals surface area contributed by atoms with Crippen molar-refractivity contribution in [2.45, 2.75) is 45.1 Å². The summed E-state index contributed by atoms with van der Waals surface area (Å²) < 4.78 is 11.1. The maximum atomic E-state index is 5.79. The highest BCUT2D eigenvalue weighted by Crippen LogP contribution is 2.18. The second-order valence-corrected chi connectivity index (χ2v) is 4.42. The molecule has 0 saturated carbocycles. The summed E-state index contributed by atoms with van der Waals surface area (Å²) in [4.78, 5) is 0. The number of nitrogens with two attached hydrogens (primary N) is 1. The lowest BCUT2D eigenvalue weighted by atomic mass is 9.99. The zero-order chi connectivity index (χ0) is 11.6. The molecule has 0 aromatic heterocycles. The first kappa shape index (κ1) is 13.7. The minimum atomic E-state index is 0.293. The molecule has 1 rings (SSSR count). The van der Waals surface area contributed by atoms with Gasteiger partial charge in [0, 0.05) is 6.54 Å². The fourth-order valence-electron chi connectivity index (χ4n) is 1.99. The normalized spacial score (nSPS) is 25.6. The van der Waals surface area contributed by atoms with Gasteiger partial charge < -0.3 is 15.2 Å². The summed E-state index contributed by atoms with van der Waals surface area (Å²) in [6.45, 7) is 4.74. The van der Waals surface area contributed by atoms with Gasteiger partial charge in [0.25, 0.3) is 0 Å². The largest absolute Gasteiger partial charge is 0.378 e. The van der Waals surface area contributed by atoms with Crippen LogP contribution in [-0.2, 0) is 9.47 Å². The monoisotopic (exact) mass is 227 g/mol. The van der Waals surface area contributed by atoms with Gasteiger partial charge in [0.1, 0.15) is 0 Å². The molecular formula is C13H25NO2. The van der Waals surface area contributed by atoms with E-state index in [1.54, 1.807) is 0 Å². The second kappa shape index (κ2) is 8.74. The van der Waals surface area contributed by atoms with E-state index in [0.29, 0.717) is 32.5 Å². The first-order valence-corrected chi connectivity index (χ1v) is 6.39. The Labute approximate surface area is 99.0 Å². The molecule has 0 radical (unpaired) electrons. The second-order valence-electron chi connectivity index (χ2n) is 4.42. The van der Waals surface area contributed by atoms with Crippen LogP contribution in [0.1, 0.15) is 39.0 Å². The summed E-state index contributed by atoms with van der Waals surface area (Å²) in [5.74, 6) is 0. The van der Waals surface area contributed by atoms with Crippen molar-refractivity contribution in [3.8, 4) is 0 Å². The van der Waals surface area contributed by atoms with Crippen molar-refractivity contribution in [3.05, 3.63) is 11.6 Å². The third kappa shape index (κ3) is 6.26. The van der Waals surface area contributed by atoms with E-state index in [1.165, 1.54) is 31.3 Å². The molecule has 16 heavy (non-hydrogen) atoms. The van der Waals surface area contributed by atoms with Gasteiger partial charge in [-0.05, 0) is 26.2 Å². The Hall–Kier alpha value is -0.380. The molecule has 0 bridgehead atoms. The molecule has 0 saturated heterocycles. The molecule has 1 atom stereocenters. The van der Waals surface area contributed by atoms with Gasteiger partial charge in [-0.3, -0.25) is 0 Å². The van der Waals surface area contributed by atoms with Crippen molar-refractivity contribution >= 4 is 0 Å². The Bertz CT molecular complexity index is 204. The van der Waals surface area contributed by atoms with Gasteiger partial charge in [-0.25, -0.2) is 0 Å². The van der Waals surface area contributed by atoms with E-state index in [1.807, 2.05) is 0 Å². The Morgan fingerprint density at radius 2 is 2.12 bits per heavy atom. The van der Waals surface area contributed by atoms with Crippen LogP contribution < -0.4 is 5.73 Å². The summed E-state index contributed by atoms with van der Waals surface area (Å²) in [5.41, 5.74) is 6.80. The van der Waals surface area contributed by atoms with E-state index in [4.69, 9.17) is 15.2 Å². The third-order valence-electron chi connectivity index (χ3n) is 2.85. The van der Waals surface area contributed by atoms with E-state index in [9.17, 15) is 0 Å². The molecule has 0 aromatic carbocycles. The Morgan fingerprint density at radius 3 is 2.94 bits per heavy atom. The number of allylic oxidation sites excluding steroid dienone is 1. The fraction of sp³-hybridized carbons (Fsp3) is 0.846. The van der Waals surface area contributed by atoms with Crippen molar-refractivity contribution in [1.82, 2.24) is 0 Å². The molecule has 0 spiro atoms. The highest BCUT2D eigenvalue weighted by Gasteiger charge is 2.09. The van der Waals surface area contributed by atoms with Gasteiger partial charge >= 0.3 is 0 Å². The number of hydrogen-bond acceptors (Lipinski definition) is 3. The van der Waals surface area contributed by atoms with Crippen molar-refractivity contribution < 1.29 is 9.47 Å². The lowest BCUT2D eigenvalue weighted by molar-refractivity contribution is 0.0209. The first-order valence-electron chi connectivity index (χ1n) is 6.39. The number of rotatable bonds is 6. The Kier molecular flexibility index (Phi) is 7.47. The molecule has 0 aromatic rings. The van der Waals surface area contributed by atoms with Crippen molar-refractivity contribution in [3.63, 3.8) is 0 Å². The molecule has 0 heterocycles. The average molecular weight is 227 g/mol. The van der Waals surface area contributed by atoms with Crippen LogP contribution in [0.15, 0.2) is 11.6 Å². The molecule has 3 nitrogen and oxygen atoms in total. The van der Waals surface area contributed by atoms with Gasteiger partial charge in [-0.1, -0.05) is 24.5 Å². The Balaban J connectivity index is 2.17. The molecule has 1 aliphatic carbocycles. The predicted octanol–water partition coefficient (Wildman–Crippen LogP) is 2.26. The van der Waals surface area contributed by atoms with Crippen LogP contribution in [0.25, 0.3) is 0 Å². The molecule has 1 aliphatic rings. The van der Waals surface area contributed by atoms with Gasteiger partial charge in [0.05, 0.1) is 25.9 Å². The fourth-order valence-corrected chi connectivity index (χ4v) is 1.99. The zero-order valence-electron chi connectivity index (χ0n) is 10.4. The molecule has 0 aliphatic heterocycles. The van der Waals surface area contributed by atoms with Crippen LogP contribution in [0.5, 0.6) is 0 Å². The molecule has 94 valence electrons. The van der Waals surface area contributed by atoms with Crippen LogP contribution in [0.3, 0.4) is 0 Å². The van der Waals surface area contributed by atoms with Gasteiger partial charge in [0.2, 0.25) is 0 Å². The van der Waals surface area contributed by atoms with E-state index in [-0.39, 0.29) is 0 Å². The summed E-state index contributed by atoms with van der Waals surface area (Å²) in [7, 11) is 0. The van der Waals surface area contributed by atoms with E-state index in [2.05, 4.69) is 13.0 Å². The van der Waals surface area contributed by atoms with E-state index in [0.717, 1.165) is 6.42 Å². The highest BCUT2D eigenvalue weighted by atomic mass is 16.5. The summed E-state index contributed by atoms with van der Waals surface area (Å²) in [6, 6.07) is 0. The lowest BCUT2D eigenvalue weighted by Crippen LogP contribution is -2.17. The smallest absolute Gasteiger partial charge is 0.0759 e. The SMILES string of the molecule is C/C1=C/C(OCCOCCN)CCCCC1. The van der Waals surface area contributed by atoms with Gasteiger partial charge in [0.15, 0.2) is 0 Å². The van der Waals surface area contributed by atoms with E-state index >= 15 is 0 Å². The standard InChI is InChI=1S/C13H25NO2/c1-12-5-3-2-4-6-13(11-12)16-10-9-15-8-7-14/h11,13H,2-10,14H2,1H3/b12-11-. The summed E-state index contributed by atoms with van der Waals surface area (Å²) in [5, 5.41) is 0. The van der Waals surface area contributed by atoms with Crippen LogP contribution in [-0.4, -0.2) is 32.5 Å². The maximum absolute atomic E-state index is 5.79. The van der Waals surface area contributed by atoms with Crippen LogP contribution >= 0.6 is 0 Å². The predicted molar refractivity (Wildman–Crippen MR) is 66.5 cm³/mol. The minimum absolute atomic E-state index is 0.293. The molecule has 3 heteroatoms. The first-order chi connectivity index (χ1) is 7.83. The molecule has 0 amide bonds. The van der Waals surface area contributed by atoms with Crippen LogP contribution in [0.4, 0.5) is 0 Å². The average Bonchev–Trinajstić information content (AvgIpc) is 2.24. The van der Waals surface area contributed by atoms with Crippen molar-refractivity contribution in [2.75, 3.05) is 26.4 Å².